The third-order valence-corrected chi connectivity index (χ3v) is 2.96. The highest BCUT2D eigenvalue weighted by Gasteiger charge is 2.11. The normalized spacial score (nSPS) is 10.6. The second kappa shape index (κ2) is 5.24. The van der Waals surface area contributed by atoms with E-state index in [-0.39, 0.29) is 23.2 Å². The summed E-state index contributed by atoms with van der Waals surface area (Å²) < 4.78 is 15.2. The van der Waals surface area contributed by atoms with Gasteiger partial charge in [-0.1, -0.05) is 6.07 Å². The molecule has 1 N–H and O–H groups in total. The Labute approximate surface area is 114 Å². The zero-order valence-corrected chi connectivity index (χ0v) is 11.1. The Morgan fingerprint density at radius 1 is 1.35 bits per heavy atom. The van der Waals surface area contributed by atoms with Crippen molar-refractivity contribution in [3.8, 4) is 0 Å². The van der Waals surface area contributed by atoms with Gasteiger partial charge in [-0.15, -0.1) is 0 Å². The highest BCUT2D eigenvalue weighted by atomic mass is 19.1. The molecule has 1 heterocycles. The van der Waals surface area contributed by atoms with Crippen LogP contribution in [0.2, 0.25) is 0 Å². The van der Waals surface area contributed by atoms with Gasteiger partial charge in [-0.25, -0.2) is 14.2 Å². The average Bonchev–Trinajstić information content (AvgIpc) is 2.34. The third-order valence-electron chi connectivity index (χ3n) is 2.96. The smallest absolute Gasteiger partial charge is 0.335 e. The van der Waals surface area contributed by atoms with Crippen LogP contribution in [0.3, 0.4) is 0 Å². The topological polar surface area (TPSA) is 72.2 Å². The number of aromatic nitrogens is 2. The van der Waals surface area contributed by atoms with Crippen molar-refractivity contribution < 1.29 is 14.3 Å². The molecule has 20 heavy (non-hydrogen) atoms. The molecule has 5 nitrogen and oxygen atoms in total. The predicted octanol–water partition coefficient (Wildman–Crippen LogP) is 1.75. The number of halogens is 1. The summed E-state index contributed by atoms with van der Waals surface area (Å²) in [6.45, 7) is 3.39. The minimum absolute atomic E-state index is 0.0175. The van der Waals surface area contributed by atoms with Gasteiger partial charge < -0.3 is 5.11 Å². The van der Waals surface area contributed by atoms with Crippen molar-refractivity contribution in [3.63, 3.8) is 0 Å². The summed E-state index contributed by atoms with van der Waals surface area (Å²) in [7, 11) is 0. The number of carboxylic acids is 1. The maximum Gasteiger partial charge on any atom is 0.335 e. The summed E-state index contributed by atoms with van der Waals surface area (Å²) in [5.41, 5.74) is 0.449. The first-order valence-electron chi connectivity index (χ1n) is 5.95. The Bertz CT molecular complexity index is 738. The number of hydrogen-bond donors (Lipinski definition) is 1. The molecule has 0 aliphatic carbocycles. The van der Waals surface area contributed by atoms with E-state index in [4.69, 9.17) is 5.11 Å². The average molecular weight is 276 g/mol. The zero-order chi connectivity index (χ0) is 14.9. The minimum atomic E-state index is -1.19. The van der Waals surface area contributed by atoms with E-state index in [2.05, 4.69) is 4.98 Å². The van der Waals surface area contributed by atoms with Crippen LogP contribution in [0.5, 0.6) is 0 Å². The fourth-order valence-corrected chi connectivity index (χ4v) is 1.94. The van der Waals surface area contributed by atoms with E-state index < -0.39 is 11.8 Å². The summed E-state index contributed by atoms with van der Waals surface area (Å²) in [4.78, 5) is 26.7. The second-order valence-corrected chi connectivity index (χ2v) is 4.48. The number of nitrogens with zero attached hydrogens (tertiary/aromatic N) is 2. The minimum Gasteiger partial charge on any atom is -0.478 e. The van der Waals surface area contributed by atoms with Gasteiger partial charge in [-0.3, -0.25) is 9.36 Å². The molecule has 0 aliphatic heterocycles. The van der Waals surface area contributed by atoms with Gasteiger partial charge in [0.15, 0.2) is 0 Å². The van der Waals surface area contributed by atoms with Gasteiger partial charge in [0.2, 0.25) is 0 Å². The molecule has 1 aromatic carbocycles. The Hall–Kier alpha value is -2.50. The first-order chi connectivity index (χ1) is 9.38. The molecule has 0 atom stereocenters. The molecule has 0 fully saturated rings. The van der Waals surface area contributed by atoms with Crippen LogP contribution in [-0.2, 0) is 6.54 Å². The molecule has 0 saturated carbocycles. The predicted molar refractivity (Wildman–Crippen MR) is 70.4 cm³/mol. The lowest BCUT2D eigenvalue weighted by Gasteiger charge is -2.10. The van der Waals surface area contributed by atoms with E-state index in [1.54, 1.807) is 13.8 Å². The van der Waals surface area contributed by atoms with E-state index >= 15 is 0 Å². The number of rotatable bonds is 3. The van der Waals surface area contributed by atoms with Crippen molar-refractivity contribution in [2.45, 2.75) is 20.4 Å². The van der Waals surface area contributed by atoms with E-state index in [0.29, 0.717) is 11.5 Å². The van der Waals surface area contributed by atoms with Gasteiger partial charge in [0.25, 0.3) is 5.56 Å². The van der Waals surface area contributed by atoms with Crippen LogP contribution in [0.25, 0.3) is 0 Å². The van der Waals surface area contributed by atoms with Gasteiger partial charge in [0.1, 0.15) is 11.6 Å². The molecule has 0 bridgehead atoms. The first kappa shape index (κ1) is 13.9. The number of benzene rings is 1. The van der Waals surface area contributed by atoms with Crippen molar-refractivity contribution in [3.05, 3.63) is 63.1 Å². The van der Waals surface area contributed by atoms with E-state index in [1.165, 1.54) is 22.8 Å². The molecule has 0 amide bonds. The van der Waals surface area contributed by atoms with Gasteiger partial charge >= 0.3 is 5.97 Å². The Balaban J connectivity index is 2.41. The van der Waals surface area contributed by atoms with Crippen LogP contribution in [0.4, 0.5) is 4.39 Å². The second-order valence-electron chi connectivity index (χ2n) is 4.48. The maximum atomic E-state index is 13.8. The molecule has 104 valence electrons. The highest BCUT2D eigenvalue weighted by molar-refractivity contribution is 5.87. The SMILES string of the molecule is Cc1cc(=O)n(Cc2ccc(C(=O)O)cc2F)c(C)n1. The number of aryl methyl sites for hydroxylation is 2. The van der Waals surface area contributed by atoms with Gasteiger partial charge in [-0.2, -0.15) is 0 Å². The lowest BCUT2D eigenvalue weighted by Crippen LogP contribution is -2.24. The van der Waals surface area contributed by atoms with Crippen LogP contribution in [-0.4, -0.2) is 20.6 Å². The Morgan fingerprint density at radius 2 is 2.05 bits per heavy atom. The molecule has 1 aromatic heterocycles. The van der Waals surface area contributed by atoms with Crippen LogP contribution in [0.15, 0.2) is 29.1 Å². The van der Waals surface area contributed by atoms with Crippen molar-refractivity contribution in [1.29, 1.82) is 0 Å². The summed E-state index contributed by atoms with van der Waals surface area (Å²) in [6, 6.07) is 4.99. The third kappa shape index (κ3) is 2.74. The zero-order valence-electron chi connectivity index (χ0n) is 11.1. The molecule has 2 aromatic rings. The fourth-order valence-electron chi connectivity index (χ4n) is 1.94. The van der Waals surface area contributed by atoms with Crippen LogP contribution in [0.1, 0.15) is 27.4 Å². The molecular weight excluding hydrogens is 263 g/mol. The first-order valence-corrected chi connectivity index (χ1v) is 5.95. The standard InChI is InChI=1S/C14H13FN2O3/c1-8-5-13(18)17(9(2)16-8)7-11-4-3-10(14(19)20)6-12(11)15/h3-6H,7H2,1-2H3,(H,19,20). The van der Waals surface area contributed by atoms with E-state index in [1.807, 2.05) is 0 Å². The molecule has 0 unspecified atom stereocenters. The van der Waals surface area contributed by atoms with Crippen LogP contribution < -0.4 is 5.56 Å². The van der Waals surface area contributed by atoms with Crippen LogP contribution >= 0.6 is 0 Å². The highest BCUT2D eigenvalue weighted by Crippen LogP contribution is 2.12. The molecule has 2 rings (SSSR count). The number of carbonyl (C=O) groups is 1. The summed E-state index contributed by atoms with van der Waals surface area (Å²) >= 11 is 0. The molecular formula is C14H13FN2O3. The van der Waals surface area contributed by atoms with Crippen molar-refractivity contribution in [2.24, 2.45) is 0 Å². The van der Waals surface area contributed by atoms with Crippen molar-refractivity contribution in [2.75, 3.05) is 0 Å². The summed E-state index contributed by atoms with van der Waals surface area (Å²) in [6.07, 6.45) is 0. The van der Waals surface area contributed by atoms with Gasteiger partial charge in [0.05, 0.1) is 12.1 Å². The molecule has 0 radical (unpaired) electrons. The van der Waals surface area contributed by atoms with E-state index in [0.717, 1.165) is 6.07 Å². The Kier molecular flexibility index (Phi) is 3.65. The summed E-state index contributed by atoms with van der Waals surface area (Å²) in [5.74, 6) is -1.37. The number of hydrogen-bond acceptors (Lipinski definition) is 3. The number of carboxylic acid groups (broad SMARTS) is 1. The molecule has 0 saturated heterocycles. The largest absolute Gasteiger partial charge is 0.478 e. The lowest BCUT2D eigenvalue weighted by atomic mass is 10.1. The molecule has 0 aliphatic rings. The Morgan fingerprint density at radius 3 is 2.60 bits per heavy atom. The molecule has 6 heteroatoms. The molecule has 0 spiro atoms. The summed E-state index contributed by atoms with van der Waals surface area (Å²) in [5, 5.41) is 8.78. The van der Waals surface area contributed by atoms with Crippen molar-refractivity contribution in [1.82, 2.24) is 9.55 Å². The van der Waals surface area contributed by atoms with Crippen molar-refractivity contribution >= 4 is 5.97 Å². The number of aromatic carboxylic acids is 1. The quantitative estimate of drug-likeness (QED) is 0.927. The monoisotopic (exact) mass is 276 g/mol. The maximum absolute atomic E-state index is 13.8. The van der Waals surface area contributed by atoms with Gasteiger partial charge in [-0.05, 0) is 26.0 Å². The fraction of sp³-hybridized carbons (Fsp3) is 0.214. The van der Waals surface area contributed by atoms with Gasteiger partial charge in [0, 0.05) is 17.3 Å². The lowest BCUT2D eigenvalue weighted by molar-refractivity contribution is 0.0696. The van der Waals surface area contributed by atoms with E-state index in [9.17, 15) is 14.0 Å². The van der Waals surface area contributed by atoms with Crippen LogP contribution in [0, 0.1) is 19.7 Å².